The molecule has 2 rings (SSSR count). The summed E-state index contributed by atoms with van der Waals surface area (Å²) >= 11 is 0. The van der Waals surface area contributed by atoms with Gasteiger partial charge in [-0.15, -0.1) is 0 Å². The van der Waals surface area contributed by atoms with E-state index in [2.05, 4.69) is 4.72 Å². The second-order valence-corrected chi connectivity index (χ2v) is 6.60. The number of carbonyl (C=O) groups is 1. The Balaban J connectivity index is 2.44. The van der Waals surface area contributed by atoms with E-state index in [1.807, 2.05) is 0 Å². The van der Waals surface area contributed by atoms with E-state index < -0.39 is 21.5 Å². The minimum atomic E-state index is -3.94. The Morgan fingerprint density at radius 3 is 2.33 bits per heavy atom. The molecule has 0 saturated carbocycles. The van der Waals surface area contributed by atoms with Crippen LogP contribution >= 0.6 is 0 Å². The van der Waals surface area contributed by atoms with Crippen LogP contribution in [-0.4, -0.2) is 24.1 Å². The van der Waals surface area contributed by atoms with E-state index in [9.17, 15) is 18.3 Å². The fourth-order valence-corrected chi connectivity index (χ4v) is 3.37. The number of rotatable bonds is 5. The van der Waals surface area contributed by atoms with Crippen LogP contribution in [-0.2, 0) is 27.4 Å². The molecule has 0 bridgehead atoms. The number of carboxylic acids is 1. The van der Waals surface area contributed by atoms with Gasteiger partial charge in [0.1, 0.15) is 0 Å². The van der Waals surface area contributed by atoms with Gasteiger partial charge in [-0.1, -0.05) is 30.3 Å². The van der Waals surface area contributed by atoms with Crippen LogP contribution < -0.4 is 4.72 Å². The highest BCUT2D eigenvalue weighted by atomic mass is 32.2. The Labute approximate surface area is 123 Å². The van der Waals surface area contributed by atoms with Crippen LogP contribution in [0.25, 0.3) is 0 Å². The summed E-state index contributed by atoms with van der Waals surface area (Å²) < 4.78 is 28.6. The van der Waals surface area contributed by atoms with Gasteiger partial charge in [0.25, 0.3) is 0 Å². The molecule has 0 aliphatic heterocycles. The monoisotopic (exact) mass is 308 g/mol. The maximum Gasteiger partial charge on any atom is 0.329 e. The summed E-state index contributed by atoms with van der Waals surface area (Å²) in [6.07, 6.45) is 2.99. The van der Waals surface area contributed by atoms with Crippen molar-refractivity contribution in [3.63, 3.8) is 0 Å². The summed E-state index contributed by atoms with van der Waals surface area (Å²) in [6.45, 7) is 1.32. The van der Waals surface area contributed by atoms with Crippen LogP contribution in [0.2, 0.25) is 0 Å². The van der Waals surface area contributed by atoms with Crippen molar-refractivity contribution < 1.29 is 18.3 Å². The summed E-state index contributed by atoms with van der Waals surface area (Å²) in [5.74, 6) is -1.27. The Hall–Kier alpha value is -2.12. The van der Waals surface area contributed by atoms with Crippen molar-refractivity contribution in [1.29, 1.82) is 0 Å². The molecule has 7 heteroatoms. The quantitative estimate of drug-likeness (QED) is 0.871. The Bertz CT molecular complexity index is 752. The molecule has 1 atom stereocenters. The molecule has 21 heavy (non-hydrogen) atoms. The third-order valence-corrected chi connectivity index (χ3v) is 4.77. The van der Waals surface area contributed by atoms with E-state index in [-0.39, 0.29) is 4.90 Å². The van der Waals surface area contributed by atoms with Gasteiger partial charge >= 0.3 is 5.97 Å². The smallest absolute Gasteiger partial charge is 0.329 e. The molecule has 0 aliphatic rings. The Morgan fingerprint density at radius 1 is 1.24 bits per heavy atom. The molecule has 2 N–H and O–H groups in total. The topological polar surface area (TPSA) is 88.4 Å². The SMILES string of the molecule is Cn1ccc(S(=O)(=O)NC(C)(C(=O)O)c2ccccc2)c1. The van der Waals surface area contributed by atoms with Gasteiger partial charge in [0.15, 0.2) is 5.54 Å². The molecule has 1 aromatic heterocycles. The van der Waals surface area contributed by atoms with Crippen LogP contribution in [0.15, 0.2) is 53.7 Å². The maximum absolute atomic E-state index is 12.4. The first kappa shape index (κ1) is 15.3. The summed E-state index contributed by atoms with van der Waals surface area (Å²) in [6, 6.07) is 9.61. The van der Waals surface area contributed by atoms with Crippen molar-refractivity contribution in [1.82, 2.24) is 9.29 Å². The zero-order valence-corrected chi connectivity index (χ0v) is 12.5. The summed E-state index contributed by atoms with van der Waals surface area (Å²) in [4.78, 5) is 11.6. The van der Waals surface area contributed by atoms with E-state index in [0.29, 0.717) is 5.56 Å². The number of carboxylic acid groups (broad SMARTS) is 1. The van der Waals surface area contributed by atoms with Crippen molar-refractivity contribution in [2.24, 2.45) is 7.05 Å². The number of aromatic nitrogens is 1. The van der Waals surface area contributed by atoms with E-state index in [0.717, 1.165) is 0 Å². The lowest BCUT2D eigenvalue weighted by Crippen LogP contribution is -2.49. The lowest BCUT2D eigenvalue weighted by Gasteiger charge is -2.26. The van der Waals surface area contributed by atoms with Gasteiger partial charge in [0.05, 0.1) is 4.90 Å². The predicted molar refractivity (Wildman–Crippen MR) is 77.2 cm³/mol. The highest BCUT2D eigenvalue weighted by molar-refractivity contribution is 7.89. The van der Waals surface area contributed by atoms with Gasteiger partial charge < -0.3 is 9.67 Å². The second kappa shape index (κ2) is 5.34. The highest BCUT2D eigenvalue weighted by Gasteiger charge is 2.39. The lowest BCUT2D eigenvalue weighted by molar-refractivity contribution is -0.143. The van der Waals surface area contributed by atoms with E-state index >= 15 is 0 Å². The third-order valence-electron chi connectivity index (χ3n) is 3.23. The molecule has 2 aromatic rings. The first-order chi connectivity index (χ1) is 9.75. The van der Waals surface area contributed by atoms with E-state index in [4.69, 9.17) is 0 Å². The van der Waals surface area contributed by atoms with Crippen LogP contribution in [0, 0.1) is 0 Å². The van der Waals surface area contributed by atoms with Crippen LogP contribution in [0.3, 0.4) is 0 Å². The standard InChI is InChI=1S/C14H16N2O4S/c1-14(13(17)18,11-6-4-3-5-7-11)15-21(19,20)12-8-9-16(2)10-12/h3-10,15H,1-2H3,(H,17,18). The molecular weight excluding hydrogens is 292 g/mol. The molecule has 0 radical (unpaired) electrons. The maximum atomic E-state index is 12.4. The molecule has 112 valence electrons. The van der Waals surface area contributed by atoms with Gasteiger partial charge in [-0.2, -0.15) is 4.72 Å². The number of nitrogens with zero attached hydrogens (tertiary/aromatic N) is 1. The molecule has 1 heterocycles. The molecule has 6 nitrogen and oxygen atoms in total. The largest absolute Gasteiger partial charge is 0.480 e. The minimum absolute atomic E-state index is 0.0217. The zero-order valence-electron chi connectivity index (χ0n) is 11.6. The fraction of sp³-hybridized carbons (Fsp3) is 0.214. The minimum Gasteiger partial charge on any atom is -0.480 e. The van der Waals surface area contributed by atoms with E-state index in [1.165, 1.54) is 19.2 Å². The van der Waals surface area contributed by atoms with Crippen molar-refractivity contribution in [2.75, 3.05) is 0 Å². The predicted octanol–water partition coefficient (Wildman–Crippen LogP) is 1.30. The van der Waals surface area contributed by atoms with Crippen LogP contribution in [0.1, 0.15) is 12.5 Å². The first-order valence-corrected chi connectivity index (χ1v) is 7.69. The average molecular weight is 308 g/mol. The fourth-order valence-electron chi connectivity index (χ4n) is 1.96. The Kier molecular flexibility index (Phi) is 3.89. The number of nitrogens with one attached hydrogen (secondary N) is 1. The van der Waals surface area contributed by atoms with Gasteiger partial charge in [-0.3, -0.25) is 0 Å². The Morgan fingerprint density at radius 2 is 1.86 bits per heavy atom. The number of hydrogen-bond donors (Lipinski definition) is 2. The molecule has 0 fully saturated rings. The summed E-state index contributed by atoms with van der Waals surface area (Å²) in [5, 5.41) is 9.47. The van der Waals surface area contributed by atoms with Gasteiger partial charge in [-0.25, -0.2) is 13.2 Å². The van der Waals surface area contributed by atoms with Gasteiger partial charge in [0.2, 0.25) is 10.0 Å². The second-order valence-electron chi connectivity index (χ2n) is 4.91. The van der Waals surface area contributed by atoms with Crippen molar-refractivity contribution in [3.8, 4) is 0 Å². The number of aliphatic carboxylic acids is 1. The molecule has 1 unspecified atom stereocenters. The van der Waals surface area contributed by atoms with E-state index in [1.54, 1.807) is 48.1 Å². The zero-order chi connectivity index (χ0) is 15.7. The molecule has 0 spiro atoms. The molecule has 0 amide bonds. The van der Waals surface area contributed by atoms with Crippen LogP contribution in [0.4, 0.5) is 0 Å². The van der Waals surface area contributed by atoms with Crippen LogP contribution in [0.5, 0.6) is 0 Å². The van der Waals surface area contributed by atoms with Crippen molar-refractivity contribution in [3.05, 3.63) is 54.4 Å². The normalized spacial score (nSPS) is 14.6. The lowest BCUT2D eigenvalue weighted by atomic mass is 9.94. The third kappa shape index (κ3) is 2.98. The number of hydrogen-bond acceptors (Lipinski definition) is 3. The number of benzene rings is 1. The summed E-state index contributed by atoms with van der Waals surface area (Å²) in [7, 11) is -2.25. The number of sulfonamides is 1. The van der Waals surface area contributed by atoms with Gasteiger partial charge in [-0.05, 0) is 18.6 Å². The molecule has 1 aromatic carbocycles. The molecule has 0 saturated heterocycles. The van der Waals surface area contributed by atoms with Crippen molar-refractivity contribution >= 4 is 16.0 Å². The number of aryl methyl sites for hydroxylation is 1. The summed E-state index contributed by atoms with van der Waals surface area (Å²) in [5.41, 5.74) is -1.38. The van der Waals surface area contributed by atoms with Gasteiger partial charge in [0, 0.05) is 19.4 Å². The molecular formula is C14H16N2O4S. The highest BCUT2D eigenvalue weighted by Crippen LogP contribution is 2.24. The first-order valence-electron chi connectivity index (χ1n) is 6.20. The average Bonchev–Trinajstić information content (AvgIpc) is 2.86. The molecule has 0 aliphatic carbocycles. The van der Waals surface area contributed by atoms with Crippen molar-refractivity contribution in [2.45, 2.75) is 17.4 Å².